The van der Waals surface area contributed by atoms with E-state index in [9.17, 15) is 0 Å². The molecule has 0 aliphatic heterocycles. The summed E-state index contributed by atoms with van der Waals surface area (Å²) in [4.78, 5) is 0. The van der Waals surface area contributed by atoms with Gasteiger partial charge in [0.15, 0.2) is 0 Å². The Bertz CT molecular complexity index is 1980. The van der Waals surface area contributed by atoms with Gasteiger partial charge in [-0.05, 0) is 52.6 Å². The third-order valence-corrected chi connectivity index (χ3v) is 9.14. The number of hydrogen-bond acceptors (Lipinski definition) is 1. The molecule has 5 aromatic carbocycles. The van der Waals surface area contributed by atoms with E-state index >= 15 is 0 Å². The number of hydrogen-bond donors (Lipinski definition) is 0. The summed E-state index contributed by atoms with van der Waals surface area (Å²) in [5.41, 5.74) is 9.34. The summed E-state index contributed by atoms with van der Waals surface area (Å²) in [6.45, 7) is 4.72. The van der Waals surface area contributed by atoms with E-state index in [0.717, 1.165) is 0 Å². The number of benzene rings is 5. The molecular weight excluding hydrogens is 442 g/mol. The first-order valence-electron chi connectivity index (χ1n) is 12.2. The molecule has 0 saturated heterocycles. The molecule has 0 unspecified atom stereocenters. The summed E-state index contributed by atoms with van der Waals surface area (Å²) in [5.74, 6) is 0. The van der Waals surface area contributed by atoms with Gasteiger partial charge in [0.25, 0.3) is 0 Å². The van der Waals surface area contributed by atoms with Crippen LogP contribution < -0.4 is 0 Å². The highest BCUT2D eigenvalue weighted by Crippen LogP contribution is 2.50. The molecular formula is C33H23NS. The van der Waals surface area contributed by atoms with Gasteiger partial charge in [-0.25, -0.2) is 0 Å². The van der Waals surface area contributed by atoms with Crippen molar-refractivity contribution >= 4 is 53.3 Å². The van der Waals surface area contributed by atoms with Crippen molar-refractivity contribution in [3.05, 3.63) is 114 Å². The molecule has 2 heterocycles. The summed E-state index contributed by atoms with van der Waals surface area (Å²) < 4.78 is 5.19. The zero-order valence-electron chi connectivity index (χ0n) is 19.7. The lowest BCUT2D eigenvalue weighted by molar-refractivity contribution is 0.660. The predicted molar refractivity (Wildman–Crippen MR) is 151 cm³/mol. The van der Waals surface area contributed by atoms with Crippen LogP contribution in [0.1, 0.15) is 25.0 Å². The SMILES string of the molecule is CC1(C)c2ccccc2-c2ccc(-n3c4ccccc4c4ccc5sc6ccccc6c5c43)cc21. The monoisotopic (exact) mass is 465 g/mol. The van der Waals surface area contributed by atoms with Crippen molar-refractivity contribution in [1.82, 2.24) is 4.57 Å². The lowest BCUT2D eigenvalue weighted by atomic mass is 9.82. The zero-order chi connectivity index (χ0) is 23.3. The summed E-state index contributed by atoms with van der Waals surface area (Å²) in [6.07, 6.45) is 0. The molecule has 0 N–H and O–H groups in total. The molecule has 166 valence electrons. The maximum atomic E-state index is 2.51. The van der Waals surface area contributed by atoms with E-state index in [1.165, 1.54) is 69.9 Å². The van der Waals surface area contributed by atoms with Crippen LogP contribution in [0.25, 0.3) is 58.8 Å². The summed E-state index contributed by atoms with van der Waals surface area (Å²) in [5, 5.41) is 5.33. The van der Waals surface area contributed by atoms with Crippen LogP contribution in [0.2, 0.25) is 0 Å². The topological polar surface area (TPSA) is 4.93 Å². The van der Waals surface area contributed by atoms with E-state index in [1.54, 1.807) is 0 Å². The fourth-order valence-electron chi connectivity index (χ4n) is 6.36. The highest BCUT2D eigenvalue weighted by Gasteiger charge is 2.35. The second-order valence-corrected chi connectivity index (χ2v) is 11.3. The Kier molecular flexibility index (Phi) is 3.67. The number of thiophene rings is 1. The van der Waals surface area contributed by atoms with Crippen LogP contribution in [0.4, 0.5) is 0 Å². The van der Waals surface area contributed by atoms with Gasteiger partial charge in [-0.2, -0.15) is 0 Å². The molecule has 1 aliphatic rings. The highest BCUT2D eigenvalue weighted by molar-refractivity contribution is 7.26. The molecule has 0 radical (unpaired) electrons. The zero-order valence-corrected chi connectivity index (χ0v) is 20.5. The van der Waals surface area contributed by atoms with Crippen molar-refractivity contribution in [3.8, 4) is 16.8 Å². The summed E-state index contributed by atoms with van der Waals surface area (Å²) in [6, 6.07) is 38.3. The molecule has 0 saturated carbocycles. The van der Waals surface area contributed by atoms with E-state index in [4.69, 9.17) is 0 Å². The predicted octanol–water partition coefficient (Wildman–Crippen LogP) is 9.46. The second kappa shape index (κ2) is 6.62. The Morgan fingerprint density at radius 2 is 1.34 bits per heavy atom. The molecule has 0 spiro atoms. The number of aromatic nitrogens is 1. The van der Waals surface area contributed by atoms with E-state index < -0.39 is 0 Å². The first kappa shape index (κ1) is 19.4. The van der Waals surface area contributed by atoms with Gasteiger partial charge in [0.1, 0.15) is 0 Å². The Morgan fingerprint density at radius 3 is 2.26 bits per heavy atom. The summed E-state index contributed by atoms with van der Waals surface area (Å²) in [7, 11) is 0. The van der Waals surface area contributed by atoms with Crippen LogP contribution in [0, 0.1) is 0 Å². The second-order valence-electron chi connectivity index (χ2n) is 10.2. The minimum Gasteiger partial charge on any atom is -0.309 e. The van der Waals surface area contributed by atoms with Crippen LogP contribution >= 0.6 is 11.3 Å². The van der Waals surface area contributed by atoms with E-state index in [1.807, 2.05) is 11.3 Å². The molecule has 0 bridgehead atoms. The van der Waals surface area contributed by atoms with E-state index in [-0.39, 0.29) is 5.41 Å². The molecule has 0 amide bonds. The van der Waals surface area contributed by atoms with Gasteiger partial charge in [0, 0.05) is 42.0 Å². The molecule has 0 atom stereocenters. The van der Waals surface area contributed by atoms with Gasteiger partial charge in [0.05, 0.1) is 11.0 Å². The Morgan fingerprint density at radius 1 is 0.600 bits per heavy atom. The standard InChI is InChI=1S/C33H23NS/c1-33(2)26-12-6-3-9-21(26)22-16-15-20(19-27(22)33)34-28-13-7-4-10-23(28)24-17-18-30-31(32(24)34)25-11-5-8-14-29(25)35-30/h3-19H,1-2H3. The third kappa shape index (κ3) is 2.42. The lowest BCUT2D eigenvalue weighted by Crippen LogP contribution is -2.15. The van der Waals surface area contributed by atoms with Crippen LogP contribution in [0.15, 0.2) is 103 Å². The number of rotatable bonds is 1. The van der Waals surface area contributed by atoms with Gasteiger partial charge in [0.2, 0.25) is 0 Å². The molecule has 7 aromatic rings. The molecule has 1 nitrogen and oxygen atoms in total. The van der Waals surface area contributed by atoms with Crippen LogP contribution in [0.5, 0.6) is 0 Å². The van der Waals surface area contributed by atoms with E-state index in [2.05, 4.69) is 122 Å². The number of nitrogens with zero attached hydrogens (tertiary/aromatic N) is 1. The molecule has 1 aliphatic carbocycles. The maximum absolute atomic E-state index is 2.51. The minimum atomic E-state index is -0.0227. The fourth-order valence-corrected chi connectivity index (χ4v) is 7.47. The van der Waals surface area contributed by atoms with Crippen molar-refractivity contribution in [2.24, 2.45) is 0 Å². The number of fused-ring (bicyclic) bond motifs is 10. The molecule has 35 heavy (non-hydrogen) atoms. The lowest BCUT2D eigenvalue weighted by Gasteiger charge is -2.22. The van der Waals surface area contributed by atoms with Crippen LogP contribution in [0.3, 0.4) is 0 Å². The number of para-hydroxylation sites is 1. The van der Waals surface area contributed by atoms with Crippen molar-refractivity contribution < 1.29 is 0 Å². The highest BCUT2D eigenvalue weighted by atomic mass is 32.1. The van der Waals surface area contributed by atoms with Crippen molar-refractivity contribution in [1.29, 1.82) is 0 Å². The normalized spacial score (nSPS) is 14.2. The largest absolute Gasteiger partial charge is 0.309 e. The molecule has 2 aromatic heterocycles. The van der Waals surface area contributed by atoms with Gasteiger partial charge in [-0.3, -0.25) is 0 Å². The van der Waals surface area contributed by atoms with Crippen LogP contribution in [-0.4, -0.2) is 4.57 Å². The fraction of sp³-hybridized carbons (Fsp3) is 0.0909. The van der Waals surface area contributed by atoms with Gasteiger partial charge < -0.3 is 4.57 Å². The van der Waals surface area contributed by atoms with Gasteiger partial charge in [-0.15, -0.1) is 11.3 Å². The third-order valence-electron chi connectivity index (χ3n) is 8.00. The molecule has 2 heteroatoms. The summed E-state index contributed by atoms with van der Waals surface area (Å²) >= 11 is 1.89. The quantitative estimate of drug-likeness (QED) is 0.227. The molecule has 8 rings (SSSR count). The minimum absolute atomic E-state index is 0.0227. The van der Waals surface area contributed by atoms with Crippen molar-refractivity contribution in [2.45, 2.75) is 19.3 Å². The Hall–Kier alpha value is -3.88. The van der Waals surface area contributed by atoms with E-state index in [0.29, 0.717) is 0 Å². The van der Waals surface area contributed by atoms with Crippen molar-refractivity contribution in [2.75, 3.05) is 0 Å². The first-order valence-corrected chi connectivity index (χ1v) is 13.0. The average Bonchev–Trinajstić information content (AvgIpc) is 3.50. The molecule has 0 fully saturated rings. The first-order chi connectivity index (χ1) is 17.1. The van der Waals surface area contributed by atoms with Crippen molar-refractivity contribution in [3.63, 3.8) is 0 Å². The maximum Gasteiger partial charge on any atom is 0.0634 e. The average molecular weight is 466 g/mol. The van der Waals surface area contributed by atoms with Crippen LogP contribution in [-0.2, 0) is 5.41 Å². The smallest absolute Gasteiger partial charge is 0.0634 e. The van der Waals surface area contributed by atoms with Gasteiger partial charge in [-0.1, -0.05) is 86.6 Å². The Balaban J connectivity index is 1.53. The Labute approximate surface area is 207 Å². The van der Waals surface area contributed by atoms with Gasteiger partial charge >= 0.3 is 0 Å².